The normalized spacial score (nSPS) is 18.2. The number of rotatable bonds is 4. The van der Waals surface area contributed by atoms with Crippen molar-refractivity contribution in [2.45, 2.75) is 17.8 Å². The van der Waals surface area contributed by atoms with Crippen molar-refractivity contribution in [1.29, 1.82) is 0 Å². The van der Waals surface area contributed by atoms with Gasteiger partial charge in [0.25, 0.3) is 0 Å². The summed E-state index contributed by atoms with van der Waals surface area (Å²) < 4.78 is 67.3. The highest BCUT2D eigenvalue weighted by Gasteiger charge is 2.45. The summed E-state index contributed by atoms with van der Waals surface area (Å²) in [7, 11) is -4.34. The number of tetrazole rings is 1. The standard InChI is InChI=1S/C14H11BrF3N5O2S/c15-9-4-5-12(11(7-9)14(16,17)18)26(24,25)21-10-3-1-2-8(6-10)13-19-22-23-20-13/h1-4,6-7,12,21H,5H2,(H,19,20,22,23). The van der Waals surface area contributed by atoms with Gasteiger partial charge < -0.3 is 0 Å². The molecule has 0 aliphatic heterocycles. The summed E-state index contributed by atoms with van der Waals surface area (Å²) in [6.07, 6.45) is -2.90. The zero-order chi connectivity index (χ0) is 18.9. The number of alkyl halides is 3. The van der Waals surface area contributed by atoms with Gasteiger partial charge in [-0.05, 0) is 35.1 Å². The lowest BCUT2D eigenvalue weighted by Crippen LogP contribution is -2.36. The molecule has 0 fully saturated rings. The first-order chi connectivity index (χ1) is 12.2. The van der Waals surface area contributed by atoms with Crippen molar-refractivity contribution in [2.75, 3.05) is 4.72 Å². The van der Waals surface area contributed by atoms with Crippen molar-refractivity contribution >= 4 is 31.6 Å². The number of allylic oxidation sites excluding steroid dienone is 3. The lowest BCUT2D eigenvalue weighted by Gasteiger charge is -2.25. The molecule has 0 amide bonds. The lowest BCUT2D eigenvalue weighted by atomic mass is 10.0. The highest BCUT2D eigenvalue weighted by molar-refractivity contribution is 9.11. The number of anilines is 1. The Hall–Kier alpha value is -2.21. The van der Waals surface area contributed by atoms with Crippen LogP contribution in [0.2, 0.25) is 0 Å². The molecule has 1 aliphatic carbocycles. The van der Waals surface area contributed by atoms with E-state index in [0.29, 0.717) is 11.4 Å². The van der Waals surface area contributed by atoms with Gasteiger partial charge in [-0.1, -0.05) is 34.1 Å². The minimum atomic E-state index is -4.76. The molecule has 12 heteroatoms. The summed E-state index contributed by atoms with van der Waals surface area (Å²) >= 11 is 2.96. The van der Waals surface area contributed by atoms with Gasteiger partial charge in [-0.25, -0.2) is 13.5 Å². The van der Waals surface area contributed by atoms with Crippen LogP contribution in [-0.4, -0.2) is 40.5 Å². The van der Waals surface area contributed by atoms with Gasteiger partial charge in [0.2, 0.25) is 10.0 Å². The maximum Gasteiger partial charge on any atom is 0.414 e. The summed E-state index contributed by atoms with van der Waals surface area (Å²) in [6.45, 7) is 0. The van der Waals surface area contributed by atoms with Crippen molar-refractivity contribution in [3.63, 3.8) is 0 Å². The van der Waals surface area contributed by atoms with Gasteiger partial charge in [0.1, 0.15) is 5.25 Å². The smallest absolute Gasteiger partial charge is 0.283 e. The summed E-state index contributed by atoms with van der Waals surface area (Å²) in [5.41, 5.74) is -0.544. The number of aromatic amines is 1. The van der Waals surface area contributed by atoms with Crippen LogP contribution >= 0.6 is 15.9 Å². The van der Waals surface area contributed by atoms with Crippen LogP contribution in [0.25, 0.3) is 11.4 Å². The Balaban J connectivity index is 1.90. The Labute approximate surface area is 154 Å². The van der Waals surface area contributed by atoms with Crippen molar-refractivity contribution in [3.8, 4) is 11.4 Å². The van der Waals surface area contributed by atoms with Gasteiger partial charge in [-0.3, -0.25) is 4.72 Å². The molecule has 1 heterocycles. The molecule has 1 unspecified atom stereocenters. The van der Waals surface area contributed by atoms with Crippen molar-refractivity contribution in [3.05, 3.63) is 46.5 Å². The van der Waals surface area contributed by atoms with E-state index in [1.165, 1.54) is 24.3 Å². The minimum absolute atomic E-state index is 0.106. The first kappa shape index (κ1) is 18.6. The SMILES string of the molecule is O=S(=O)(Nc1cccc(-c2nnn[nH]2)c1)C1CC=C(Br)C=C1C(F)(F)F. The fraction of sp³-hybridized carbons (Fsp3) is 0.214. The second-order valence-corrected chi connectivity index (χ2v) is 8.17. The van der Waals surface area contributed by atoms with Gasteiger partial charge in [0, 0.05) is 15.7 Å². The van der Waals surface area contributed by atoms with E-state index in [9.17, 15) is 21.6 Å². The van der Waals surface area contributed by atoms with E-state index in [4.69, 9.17) is 0 Å². The third-order valence-corrected chi connectivity index (χ3v) is 5.88. The zero-order valence-corrected chi connectivity index (χ0v) is 15.2. The number of benzene rings is 1. The Bertz CT molecular complexity index is 971. The second kappa shape index (κ2) is 6.83. The van der Waals surface area contributed by atoms with Crippen LogP contribution in [0.3, 0.4) is 0 Å². The molecule has 0 saturated heterocycles. The van der Waals surface area contributed by atoms with Crippen molar-refractivity contribution < 1.29 is 21.6 Å². The van der Waals surface area contributed by atoms with Crippen LogP contribution in [0, 0.1) is 0 Å². The molecule has 7 nitrogen and oxygen atoms in total. The predicted octanol–water partition coefficient (Wildman–Crippen LogP) is 3.15. The number of hydrogen-bond donors (Lipinski definition) is 2. The highest BCUT2D eigenvalue weighted by Crippen LogP contribution is 2.38. The maximum absolute atomic E-state index is 13.2. The Morgan fingerprint density at radius 1 is 1.31 bits per heavy atom. The van der Waals surface area contributed by atoms with E-state index in [1.54, 1.807) is 6.07 Å². The molecule has 0 radical (unpaired) electrons. The van der Waals surface area contributed by atoms with Crippen LogP contribution in [0.15, 0.2) is 46.5 Å². The number of aromatic nitrogens is 4. The number of nitrogens with one attached hydrogen (secondary N) is 2. The van der Waals surface area contributed by atoms with Gasteiger partial charge in [-0.2, -0.15) is 13.2 Å². The van der Waals surface area contributed by atoms with E-state index in [1.807, 2.05) is 0 Å². The van der Waals surface area contributed by atoms with E-state index < -0.39 is 27.0 Å². The Morgan fingerprint density at radius 2 is 2.08 bits per heavy atom. The first-order valence-electron chi connectivity index (χ1n) is 7.17. The predicted molar refractivity (Wildman–Crippen MR) is 91.7 cm³/mol. The molecule has 1 aromatic heterocycles. The molecule has 2 N–H and O–H groups in total. The fourth-order valence-corrected chi connectivity index (χ4v) is 4.37. The summed E-state index contributed by atoms with van der Waals surface area (Å²) in [6, 6.07) is 6.01. The molecule has 1 aliphatic rings. The Kier molecular flexibility index (Phi) is 4.88. The van der Waals surface area contributed by atoms with E-state index in [0.717, 1.165) is 6.08 Å². The molecule has 0 bridgehead atoms. The largest absolute Gasteiger partial charge is 0.414 e. The average Bonchev–Trinajstić information content (AvgIpc) is 3.08. The van der Waals surface area contributed by atoms with E-state index in [2.05, 4.69) is 41.3 Å². The fourth-order valence-electron chi connectivity index (χ4n) is 2.45. The third-order valence-electron chi connectivity index (χ3n) is 3.61. The molecule has 0 spiro atoms. The summed E-state index contributed by atoms with van der Waals surface area (Å²) in [4.78, 5) is 0. The third kappa shape index (κ3) is 3.96. The number of H-pyrrole nitrogens is 1. The monoisotopic (exact) mass is 449 g/mol. The van der Waals surface area contributed by atoms with Crippen LogP contribution in [0.1, 0.15) is 6.42 Å². The van der Waals surface area contributed by atoms with Crippen LogP contribution < -0.4 is 4.72 Å². The molecule has 3 rings (SSSR count). The first-order valence-corrected chi connectivity index (χ1v) is 9.51. The van der Waals surface area contributed by atoms with Crippen LogP contribution in [0.5, 0.6) is 0 Å². The van der Waals surface area contributed by atoms with E-state index >= 15 is 0 Å². The Morgan fingerprint density at radius 3 is 2.73 bits per heavy atom. The topological polar surface area (TPSA) is 101 Å². The second-order valence-electron chi connectivity index (χ2n) is 5.39. The van der Waals surface area contributed by atoms with Crippen molar-refractivity contribution in [2.24, 2.45) is 0 Å². The van der Waals surface area contributed by atoms with Crippen LogP contribution in [-0.2, 0) is 10.0 Å². The number of sulfonamides is 1. The minimum Gasteiger partial charge on any atom is -0.283 e. The molecule has 1 aromatic carbocycles. The van der Waals surface area contributed by atoms with Crippen molar-refractivity contribution in [1.82, 2.24) is 20.6 Å². The maximum atomic E-state index is 13.2. The molecule has 26 heavy (non-hydrogen) atoms. The summed E-state index contributed by atoms with van der Waals surface area (Å²) in [5, 5.41) is 11.3. The molecule has 0 saturated carbocycles. The number of nitrogens with zero attached hydrogens (tertiary/aromatic N) is 3. The van der Waals surface area contributed by atoms with Crippen LogP contribution in [0.4, 0.5) is 18.9 Å². The molecular weight excluding hydrogens is 439 g/mol. The molecule has 1 atom stereocenters. The average molecular weight is 450 g/mol. The van der Waals surface area contributed by atoms with Gasteiger partial charge >= 0.3 is 6.18 Å². The van der Waals surface area contributed by atoms with Gasteiger partial charge in [-0.15, -0.1) is 5.10 Å². The van der Waals surface area contributed by atoms with E-state index in [-0.39, 0.29) is 16.6 Å². The molecule has 2 aromatic rings. The quantitative estimate of drug-likeness (QED) is 0.746. The number of hydrogen-bond acceptors (Lipinski definition) is 5. The summed E-state index contributed by atoms with van der Waals surface area (Å²) in [5.74, 6) is 0.298. The molecular formula is C14H11BrF3N5O2S. The lowest BCUT2D eigenvalue weighted by molar-refractivity contribution is -0.0936. The van der Waals surface area contributed by atoms with Gasteiger partial charge in [0.05, 0.1) is 5.57 Å². The highest BCUT2D eigenvalue weighted by atomic mass is 79.9. The zero-order valence-electron chi connectivity index (χ0n) is 12.8. The molecule has 138 valence electrons. The number of halogens is 4. The van der Waals surface area contributed by atoms with Gasteiger partial charge in [0.15, 0.2) is 5.82 Å².